The molecule has 1 aromatic rings. The fourth-order valence-electron chi connectivity index (χ4n) is 0.313. The number of rotatable bonds is 0. The van der Waals surface area contributed by atoms with Gasteiger partial charge in [-0.3, -0.25) is 4.98 Å². The monoisotopic (exact) mass is 333 g/mol. The minimum Gasteiger partial charge on any atom is -0.265 e. The highest BCUT2D eigenvalue weighted by Crippen LogP contribution is 1.89. The van der Waals surface area contributed by atoms with Gasteiger partial charge < -0.3 is 0 Å². The smallest absolute Gasteiger partial charge is 0.0267 e. The van der Waals surface area contributed by atoms with Crippen LogP contribution >= 0.6 is 37.2 Å². The van der Waals surface area contributed by atoms with Crippen molar-refractivity contribution in [1.82, 2.24) is 4.98 Å². The van der Waals surface area contributed by atoms with E-state index in [0.29, 0.717) is 0 Å². The second-order valence-electron chi connectivity index (χ2n) is 1.02. The first-order chi connectivity index (χ1) is 4.00. The SMILES string of the molecule is II.c1ccncc1. The van der Waals surface area contributed by atoms with Crippen molar-refractivity contribution in [3.8, 4) is 0 Å². The topological polar surface area (TPSA) is 12.9 Å². The Kier molecular flexibility index (Phi) is 8.19. The van der Waals surface area contributed by atoms with E-state index in [2.05, 4.69) is 42.2 Å². The largest absolute Gasteiger partial charge is 0.265 e. The number of pyridine rings is 1. The zero-order valence-electron chi connectivity index (χ0n) is 4.09. The molecule has 8 heavy (non-hydrogen) atoms. The van der Waals surface area contributed by atoms with Gasteiger partial charge in [0.15, 0.2) is 0 Å². The zero-order chi connectivity index (χ0) is 6.24. The molecule has 0 atom stereocenters. The summed E-state index contributed by atoms with van der Waals surface area (Å²) in [5.74, 6) is 0. The summed E-state index contributed by atoms with van der Waals surface area (Å²) >= 11 is 4.24. The molecule has 0 bridgehead atoms. The van der Waals surface area contributed by atoms with E-state index in [1.807, 2.05) is 18.2 Å². The van der Waals surface area contributed by atoms with E-state index >= 15 is 0 Å². The van der Waals surface area contributed by atoms with Crippen LogP contribution in [0.3, 0.4) is 0 Å². The fraction of sp³-hybridized carbons (Fsp3) is 0. The lowest BCUT2D eigenvalue weighted by atomic mass is 10.5. The van der Waals surface area contributed by atoms with E-state index in [9.17, 15) is 0 Å². The van der Waals surface area contributed by atoms with Gasteiger partial charge in [0, 0.05) is 49.6 Å². The van der Waals surface area contributed by atoms with Gasteiger partial charge >= 0.3 is 0 Å². The first-order valence-electron chi connectivity index (χ1n) is 1.99. The second kappa shape index (κ2) is 7.61. The Morgan fingerprint density at radius 3 is 1.50 bits per heavy atom. The van der Waals surface area contributed by atoms with Crippen LogP contribution in [0, 0.1) is 0 Å². The molecule has 0 fully saturated rings. The van der Waals surface area contributed by atoms with Gasteiger partial charge in [-0.1, -0.05) is 6.07 Å². The van der Waals surface area contributed by atoms with Gasteiger partial charge in [0.2, 0.25) is 0 Å². The summed E-state index contributed by atoms with van der Waals surface area (Å²) in [7, 11) is 0. The van der Waals surface area contributed by atoms with Gasteiger partial charge in [-0.25, -0.2) is 0 Å². The lowest BCUT2D eigenvalue weighted by Gasteiger charge is -1.70. The molecule has 0 N–H and O–H groups in total. The normalized spacial score (nSPS) is 6.75. The van der Waals surface area contributed by atoms with E-state index < -0.39 is 0 Å². The standard InChI is InChI=1S/C5H5N.I2/c1-2-4-6-5-3-1;1-2/h1-5H;. The average Bonchev–Trinajstić information content (AvgIpc) is 1.96. The summed E-state index contributed by atoms with van der Waals surface area (Å²) in [6.45, 7) is 0. The van der Waals surface area contributed by atoms with Crippen LogP contribution in [-0.2, 0) is 0 Å². The quantitative estimate of drug-likeness (QED) is 0.666. The maximum absolute atomic E-state index is 3.78. The molecular weight excluding hydrogens is 328 g/mol. The molecule has 0 radical (unpaired) electrons. The molecule has 0 saturated carbocycles. The van der Waals surface area contributed by atoms with Crippen molar-refractivity contribution in [2.24, 2.45) is 0 Å². The van der Waals surface area contributed by atoms with Crippen LogP contribution < -0.4 is 0 Å². The third-order valence-corrected chi connectivity index (χ3v) is 0.566. The Morgan fingerprint density at radius 2 is 1.38 bits per heavy atom. The van der Waals surface area contributed by atoms with Crippen molar-refractivity contribution in [3.05, 3.63) is 30.6 Å². The van der Waals surface area contributed by atoms with Gasteiger partial charge in [-0.2, -0.15) is 0 Å². The van der Waals surface area contributed by atoms with Crippen LogP contribution in [0.1, 0.15) is 0 Å². The first-order valence-corrected chi connectivity index (χ1v) is 8.28. The fourth-order valence-corrected chi connectivity index (χ4v) is 0.313. The van der Waals surface area contributed by atoms with Crippen LogP contribution in [0.25, 0.3) is 0 Å². The lowest BCUT2D eigenvalue weighted by Crippen LogP contribution is -1.58. The summed E-state index contributed by atoms with van der Waals surface area (Å²) in [6.07, 6.45) is 3.50. The number of aromatic nitrogens is 1. The van der Waals surface area contributed by atoms with Gasteiger partial charge in [-0.15, -0.1) is 0 Å². The molecule has 0 amide bonds. The van der Waals surface area contributed by atoms with E-state index in [4.69, 9.17) is 0 Å². The second-order valence-corrected chi connectivity index (χ2v) is 1.02. The molecule has 3 heteroatoms. The first kappa shape index (κ1) is 8.61. The van der Waals surface area contributed by atoms with Crippen molar-refractivity contribution in [2.45, 2.75) is 0 Å². The van der Waals surface area contributed by atoms with Crippen molar-refractivity contribution < 1.29 is 0 Å². The molecule has 0 unspecified atom stereocenters. The van der Waals surface area contributed by atoms with E-state index in [0.717, 1.165) is 0 Å². The Balaban J connectivity index is 0.000000222. The van der Waals surface area contributed by atoms with Crippen LogP contribution in [0.15, 0.2) is 30.6 Å². The third kappa shape index (κ3) is 4.76. The minimum atomic E-state index is 1.75. The van der Waals surface area contributed by atoms with Crippen molar-refractivity contribution in [3.63, 3.8) is 0 Å². The van der Waals surface area contributed by atoms with E-state index in [-0.39, 0.29) is 0 Å². The summed E-state index contributed by atoms with van der Waals surface area (Å²) in [6, 6.07) is 5.72. The van der Waals surface area contributed by atoms with Crippen LogP contribution in [-0.4, -0.2) is 4.98 Å². The van der Waals surface area contributed by atoms with Gasteiger partial charge in [0.05, 0.1) is 0 Å². The summed E-state index contributed by atoms with van der Waals surface area (Å²) in [5.41, 5.74) is 0. The number of hydrogen-bond acceptors (Lipinski definition) is 1. The maximum Gasteiger partial charge on any atom is 0.0267 e. The van der Waals surface area contributed by atoms with Crippen molar-refractivity contribution in [1.29, 1.82) is 0 Å². The van der Waals surface area contributed by atoms with Crippen molar-refractivity contribution >= 4 is 37.2 Å². The van der Waals surface area contributed by atoms with E-state index in [1.54, 1.807) is 12.4 Å². The van der Waals surface area contributed by atoms with E-state index in [1.165, 1.54) is 0 Å². The van der Waals surface area contributed by atoms with Gasteiger partial charge in [-0.05, 0) is 12.1 Å². The van der Waals surface area contributed by atoms with Gasteiger partial charge in [0.1, 0.15) is 0 Å². The molecule has 44 valence electrons. The third-order valence-electron chi connectivity index (χ3n) is 0.566. The van der Waals surface area contributed by atoms with Gasteiger partial charge in [0.25, 0.3) is 0 Å². The van der Waals surface area contributed by atoms with Crippen molar-refractivity contribution in [2.75, 3.05) is 0 Å². The molecule has 0 aromatic carbocycles. The molecule has 0 aliphatic carbocycles. The highest BCUT2D eigenvalue weighted by atomic mass is 128. The summed E-state index contributed by atoms with van der Waals surface area (Å²) < 4.78 is 0. The average molecular weight is 333 g/mol. The Hall–Kier alpha value is 0.610. The molecule has 1 aromatic heterocycles. The van der Waals surface area contributed by atoms with Crippen LogP contribution in [0.4, 0.5) is 0 Å². The summed E-state index contributed by atoms with van der Waals surface area (Å²) in [5, 5.41) is 0. The Bertz CT molecular complexity index is 82.4. The molecule has 1 heterocycles. The predicted molar refractivity (Wildman–Crippen MR) is 52.3 cm³/mol. The molecule has 0 saturated heterocycles. The predicted octanol–water partition coefficient (Wildman–Crippen LogP) is 2.85. The summed E-state index contributed by atoms with van der Waals surface area (Å²) in [4.78, 5) is 3.78. The molecule has 1 rings (SSSR count). The van der Waals surface area contributed by atoms with Crippen LogP contribution in [0.5, 0.6) is 0 Å². The maximum atomic E-state index is 3.78. The molecule has 1 nitrogen and oxygen atoms in total. The minimum absolute atomic E-state index is 1.75. The number of hydrogen-bond donors (Lipinski definition) is 0. The highest BCUT2D eigenvalue weighted by molar-refractivity contribution is 15.0. The molecule has 0 spiro atoms. The molecular formula is C5H5I2N. The number of nitrogens with zero attached hydrogens (tertiary/aromatic N) is 1. The lowest BCUT2D eigenvalue weighted by molar-refractivity contribution is 1.33. The zero-order valence-corrected chi connectivity index (χ0v) is 8.40. The molecule has 0 aliphatic heterocycles. The number of halogens is 2. The highest BCUT2D eigenvalue weighted by Gasteiger charge is 1.58. The Morgan fingerprint density at radius 1 is 0.875 bits per heavy atom. The Labute approximate surface area is 72.2 Å². The molecule has 0 aliphatic rings. The van der Waals surface area contributed by atoms with Crippen LogP contribution in [0.2, 0.25) is 0 Å².